The Bertz CT molecular complexity index is 260. The number of amidine groups is 1. The van der Waals surface area contributed by atoms with Crippen LogP contribution in [-0.2, 0) is 0 Å². The normalized spacial score (nSPS) is 45.6. The minimum Gasteiger partial charge on any atom is -0.360 e. The molecule has 2 fully saturated rings. The fourth-order valence-electron chi connectivity index (χ4n) is 3.26. The minimum absolute atomic E-state index is 0.561. The van der Waals surface area contributed by atoms with Gasteiger partial charge in [-0.25, -0.2) is 0 Å². The topological polar surface area (TPSA) is 15.6 Å². The smallest absolute Gasteiger partial charge is 0.109 e. The predicted octanol–water partition coefficient (Wildman–Crippen LogP) is 1.33. The highest BCUT2D eigenvalue weighted by Gasteiger charge is 2.42. The molecule has 3 unspecified atom stereocenters. The molecule has 3 atom stereocenters. The first kappa shape index (κ1) is 10.1. The van der Waals surface area contributed by atoms with Gasteiger partial charge in [-0.05, 0) is 18.8 Å². The van der Waals surface area contributed by atoms with E-state index in [9.17, 15) is 0 Å². The third-order valence-corrected chi connectivity index (χ3v) is 4.08. The van der Waals surface area contributed by atoms with Gasteiger partial charge in [0.15, 0.2) is 0 Å². The van der Waals surface area contributed by atoms with E-state index >= 15 is 0 Å². The van der Waals surface area contributed by atoms with E-state index < -0.39 is 0 Å². The molecule has 0 N–H and O–H groups in total. The van der Waals surface area contributed by atoms with Crippen molar-refractivity contribution in [2.24, 2.45) is 10.9 Å². The lowest BCUT2D eigenvalue weighted by molar-refractivity contribution is 0.206. The minimum atomic E-state index is 0.561. The van der Waals surface area contributed by atoms with Crippen LogP contribution < -0.4 is 0 Å². The van der Waals surface area contributed by atoms with E-state index in [1.807, 2.05) is 7.05 Å². The maximum Gasteiger partial charge on any atom is 0.109 e. The summed E-state index contributed by atoms with van der Waals surface area (Å²) in [6.45, 7) is 2.41. The van der Waals surface area contributed by atoms with Gasteiger partial charge in [0.1, 0.15) is 7.85 Å². The van der Waals surface area contributed by atoms with E-state index in [1.165, 1.54) is 31.5 Å². The Morgan fingerprint density at radius 2 is 2.29 bits per heavy atom. The molecule has 2 rings (SSSR count). The summed E-state index contributed by atoms with van der Waals surface area (Å²) in [6.07, 6.45) is 5.31. The van der Waals surface area contributed by atoms with Gasteiger partial charge in [-0.15, -0.1) is 0 Å². The Hall–Kier alpha value is -0.465. The van der Waals surface area contributed by atoms with Gasteiger partial charge < -0.3 is 4.90 Å². The van der Waals surface area contributed by atoms with Gasteiger partial charge in [-0.2, -0.15) is 0 Å². The molecule has 78 valence electrons. The largest absolute Gasteiger partial charge is 0.360 e. The summed E-state index contributed by atoms with van der Waals surface area (Å²) in [4.78, 5) is 6.80. The maximum atomic E-state index is 4.38. The Kier molecular flexibility index (Phi) is 2.36. The molecule has 1 saturated carbocycles. The van der Waals surface area contributed by atoms with Gasteiger partial charge in [-0.1, -0.05) is 18.7 Å². The molecule has 0 spiro atoms. The SMILES string of the molecule is BC1(C)CCC2C(C/C(=N\C)N2C)C1. The van der Waals surface area contributed by atoms with Crippen LogP contribution in [0.1, 0.15) is 32.6 Å². The Morgan fingerprint density at radius 1 is 1.57 bits per heavy atom. The van der Waals surface area contributed by atoms with Crippen molar-refractivity contribution >= 4 is 13.7 Å². The lowest BCUT2D eigenvalue weighted by Gasteiger charge is -2.39. The van der Waals surface area contributed by atoms with Crippen LogP contribution in [-0.4, -0.2) is 38.7 Å². The van der Waals surface area contributed by atoms with Crippen molar-refractivity contribution in [2.75, 3.05) is 14.1 Å². The summed E-state index contributed by atoms with van der Waals surface area (Å²) < 4.78 is 0. The lowest BCUT2D eigenvalue weighted by atomic mass is 9.58. The number of nitrogens with zero attached hydrogens (tertiary/aromatic N) is 2. The molecular formula is C11H21BN2. The number of aliphatic imine (C=N–C) groups is 1. The number of rotatable bonds is 0. The van der Waals surface area contributed by atoms with E-state index in [-0.39, 0.29) is 0 Å². The van der Waals surface area contributed by atoms with Crippen LogP contribution in [0, 0.1) is 5.92 Å². The summed E-state index contributed by atoms with van der Waals surface area (Å²) in [5.74, 6) is 2.18. The fraction of sp³-hybridized carbons (Fsp3) is 0.909. The summed E-state index contributed by atoms with van der Waals surface area (Å²) >= 11 is 0. The molecule has 0 aromatic heterocycles. The Morgan fingerprint density at radius 3 is 2.93 bits per heavy atom. The summed E-state index contributed by atoms with van der Waals surface area (Å²) in [5.41, 5.74) is 0. The third kappa shape index (κ3) is 1.57. The Balaban J connectivity index is 2.14. The van der Waals surface area contributed by atoms with Crippen molar-refractivity contribution in [3.05, 3.63) is 0 Å². The van der Waals surface area contributed by atoms with Crippen LogP contribution in [0.4, 0.5) is 0 Å². The summed E-state index contributed by atoms with van der Waals surface area (Å²) in [7, 11) is 6.55. The van der Waals surface area contributed by atoms with Crippen LogP contribution in [0.15, 0.2) is 4.99 Å². The van der Waals surface area contributed by atoms with Gasteiger partial charge in [0.25, 0.3) is 0 Å². The molecule has 1 aliphatic carbocycles. The average Bonchev–Trinajstić information content (AvgIpc) is 2.40. The monoisotopic (exact) mass is 192 g/mol. The second kappa shape index (κ2) is 3.28. The first-order valence-electron chi connectivity index (χ1n) is 5.72. The third-order valence-electron chi connectivity index (χ3n) is 4.08. The van der Waals surface area contributed by atoms with Crippen molar-refractivity contribution in [1.29, 1.82) is 0 Å². The number of fused-ring (bicyclic) bond motifs is 1. The first-order valence-corrected chi connectivity index (χ1v) is 5.72. The second-order valence-corrected chi connectivity index (χ2v) is 5.69. The first-order chi connectivity index (χ1) is 6.53. The highest BCUT2D eigenvalue weighted by Crippen LogP contribution is 2.47. The fourth-order valence-corrected chi connectivity index (χ4v) is 3.26. The van der Waals surface area contributed by atoms with Gasteiger partial charge in [0, 0.05) is 26.6 Å². The highest BCUT2D eigenvalue weighted by atomic mass is 15.2. The molecule has 2 aliphatic rings. The van der Waals surface area contributed by atoms with Crippen molar-refractivity contribution < 1.29 is 0 Å². The van der Waals surface area contributed by atoms with Crippen LogP contribution in [0.5, 0.6) is 0 Å². The van der Waals surface area contributed by atoms with Crippen molar-refractivity contribution in [2.45, 2.75) is 44.0 Å². The van der Waals surface area contributed by atoms with Crippen LogP contribution in [0.2, 0.25) is 5.31 Å². The second-order valence-electron chi connectivity index (χ2n) is 5.69. The zero-order valence-electron chi connectivity index (χ0n) is 9.88. The van der Waals surface area contributed by atoms with Crippen LogP contribution >= 0.6 is 0 Å². The van der Waals surface area contributed by atoms with E-state index in [0.717, 1.165) is 12.0 Å². The standard InChI is InChI=1S/C11H21BN2/c1-11(12)5-4-9-8(7-11)6-10(13-2)14(9)3/h8-9H,4-7,12H2,1-3H3/b13-10+. The molecule has 0 bridgehead atoms. The molecule has 0 aromatic carbocycles. The summed E-state index contributed by atoms with van der Waals surface area (Å²) in [6, 6.07) is 0.779. The van der Waals surface area contributed by atoms with E-state index in [1.54, 1.807) is 0 Å². The van der Waals surface area contributed by atoms with Crippen molar-refractivity contribution in [1.82, 2.24) is 4.90 Å². The van der Waals surface area contributed by atoms with Gasteiger partial charge in [0.2, 0.25) is 0 Å². The molecule has 0 radical (unpaired) electrons. The van der Waals surface area contributed by atoms with E-state index in [2.05, 4.69) is 31.7 Å². The van der Waals surface area contributed by atoms with Gasteiger partial charge in [-0.3, -0.25) is 4.99 Å². The number of likely N-dealkylation sites (tertiary alicyclic amines) is 1. The van der Waals surface area contributed by atoms with Gasteiger partial charge in [0.05, 0.1) is 5.84 Å². The van der Waals surface area contributed by atoms with Crippen LogP contribution in [0.3, 0.4) is 0 Å². The van der Waals surface area contributed by atoms with Crippen molar-refractivity contribution in [3.63, 3.8) is 0 Å². The number of hydrogen-bond acceptors (Lipinski definition) is 1. The Labute approximate surface area is 88.2 Å². The zero-order valence-corrected chi connectivity index (χ0v) is 9.88. The molecule has 1 saturated heterocycles. The molecule has 14 heavy (non-hydrogen) atoms. The predicted molar refractivity (Wildman–Crippen MR) is 63.8 cm³/mol. The van der Waals surface area contributed by atoms with Crippen molar-refractivity contribution in [3.8, 4) is 0 Å². The molecule has 0 amide bonds. The number of hydrogen-bond donors (Lipinski definition) is 0. The molecule has 2 nitrogen and oxygen atoms in total. The molecule has 3 heteroatoms. The average molecular weight is 192 g/mol. The molecule has 0 aromatic rings. The van der Waals surface area contributed by atoms with E-state index in [4.69, 9.17) is 0 Å². The quantitative estimate of drug-likeness (QED) is 0.528. The lowest BCUT2D eigenvalue weighted by Crippen LogP contribution is -2.36. The molecule has 1 heterocycles. The maximum absolute atomic E-state index is 4.38. The zero-order chi connectivity index (χ0) is 10.3. The van der Waals surface area contributed by atoms with Gasteiger partial charge >= 0.3 is 0 Å². The molecule has 1 aliphatic heterocycles. The highest BCUT2D eigenvalue weighted by molar-refractivity contribution is 6.15. The van der Waals surface area contributed by atoms with E-state index in [0.29, 0.717) is 5.31 Å². The molecular weight excluding hydrogens is 171 g/mol. The summed E-state index contributed by atoms with van der Waals surface area (Å²) in [5, 5.41) is 0.561. The van der Waals surface area contributed by atoms with Crippen LogP contribution in [0.25, 0.3) is 0 Å².